The van der Waals surface area contributed by atoms with Crippen LogP contribution in [0, 0.1) is 5.92 Å². The topological polar surface area (TPSA) is 64.5 Å². The summed E-state index contributed by atoms with van der Waals surface area (Å²) in [6.07, 6.45) is 4.81. The molecule has 2 aliphatic rings. The van der Waals surface area contributed by atoms with Gasteiger partial charge in [0.1, 0.15) is 29.8 Å². The highest BCUT2D eigenvalue weighted by atomic mass is 16.5. The Kier molecular flexibility index (Phi) is 5.46. The van der Waals surface area contributed by atoms with Crippen molar-refractivity contribution in [3.8, 4) is 11.6 Å². The number of carbonyl (C=O) groups is 1. The van der Waals surface area contributed by atoms with E-state index in [0.717, 1.165) is 36.8 Å². The van der Waals surface area contributed by atoms with Gasteiger partial charge < -0.3 is 19.2 Å². The minimum Gasteiger partial charge on any atom is -0.487 e. The van der Waals surface area contributed by atoms with E-state index in [1.807, 2.05) is 30.3 Å². The molecule has 28 heavy (non-hydrogen) atoms. The summed E-state index contributed by atoms with van der Waals surface area (Å²) in [5.74, 6) is 3.55. The van der Waals surface area contributed by atoms with Gasteiger partial charge in [0.2, 0.25) is 5.88 Å². The van der Waals surface area contributed by atoms with Gasteiger partial charge in [-0.1, -0.05) is 19.1 Å². The van der Waals surface area contributed by atoms with Crippen molar-refractivity contribution in [1.82, 2.24) is 9.97 Å². The van der Waals surface area contributed by atoms with Gasteiger partial charge in [-0.05, 0) is 49.3 Å². The van der Waals surface area contributed by atoms with Crippen molar-refractivity contribution < 1.29 is 14.3 Å². The standard InChI is InChI=1S/C22H27N3O3/c1-15(9-16(2)26)18-5-7-19(8-6-18)28-20-11-25(12-20)21-10-22(24-14-23-21)27-13-17-3-4-17/h5-8,10,14-15,17,20H,3-4,9,11-13H2,1-2H3/t15-/m1/s1. The second-order valence-electron chi connectivity index (χ2n) is 7.99. The molecule has 0 spiro atoms. The predicted octanol–water partition coefficient (Wildman–Crippen LogP) is 3.62. The van der Waals surface area contributed by atoms with E-state index in [9.17, 15) is 4.79 Å². The number of rotatable bonds is 9. The maximum atomic E-state index is 11.3. The fraction of sp³-hybridized carbons (Fsp3) is 0.500. The average molecular weight is 381 g/mol. The fourth-order valence-electron chi connectivity index (χ4n) is 3.39. The van der Waals surface area contributed by atoms with Crippen molar-refractivity contribution in [2.24, 2.45) is 5.92 Å². The highest BCUT2D eigenvalue weighted by Crippen LogP contribution is 2.30. The van der Waals surface area contributed by atoms with E-state index in [0.29, 0.717) is 18.2 Å². The number of ether oxygens (including phenoxy) is 2. The van der Waals surface area contributed by atoms with Crippen LogP contribution in [0.3, 0.4) is 0 Å². The number of carbonyl (C=O) groups excluding carboxylic acids is 1. The lowest BCUT2D eigenvalue weighted by Gasteiger charge is -2.39. The Bertz CT molecular complexity index is 814. The van der Waals surface area contributed by atoms with E-state index in [1.54, 1.807) is 13.3 Å². The van der Waals surface area contributed by atoms with Gasteiger partial charge in [-0.25, -0.2) is 9.97 Å². The van der Waals surface area contributed by atoms with Crippen molar-refractivity contribution in [3.05, 3.63) is 42.2 Å². The number of aromatic nitrogens is 2. The van der Waals surface area contributed by atoms with Gasteiger partial charge in [0, 0.05) is 12.5 Å². The monoisotopic (exact) mass is 381 g/mol. The maximum absolute atomic E-state index is 11.3. The van der Waals surface area contributed by atoms with Gasteiger partial charge in [-0.15, -0.1) is 0 Å². The summed E-state index contributed by atoms with van der Waals surface area (Å²) in [6.45, 7) is 6.05. The van der Waals surface area contributed by atoms with Crippen molar-refractivity contribution >= 4 is 11.6 Å². The van der Waals surface area contributed by atoms with Crippen LogP contribution in [0.1, 0.15) is 44.6 Å². The predicted molar refractivity (Wildman–Crippen MR) is 107 cm³/mol. The van der Waals surface area contributed by atoms with Crippen LogP contribution in [-0.2, 0) is 4.79 Å². The van der Waals surface area contributed by atoms with Gasteiger partial charge in [0.05, 0.1) is 19.7 Å². The number of hydrogen-bond acceptors (Lipinski definition) is 6. The SMILES string of the molecule is CC(=O)C[C@@H](C)c1ccc(OC2CN(c3cc(OCC4CC4)ncn3)C2)cc1. The Balaban J connectivity index is 1.26. The first-order chi connectivity index (χ1) is 13.6. The van der Waals surface area contributed by atoms with Crippen LogP contribution >= 0.6 is 0 Å². The largest absolute Gasteiger partial charge is 0.487 e. The number of ketones is 1. The lowest BCUT2D eigenvalue weighted by Crippen LogP contribution is -2.54. The number of hydrogen-bond donors (Lipinski definition) is 0. The quantitative estimate of drug-likeness (QED) is 0.661. The van der Waals surface area contributed by atoms with E-state index in [-0.39, 0.29) is 17.8 Å². The van der Waals surface area contributed by atoms with Gasteiger partial charge in [0.15, 0.2) is 0 Å². The van der Waals surface area contributed by atoms with Gasteiger partial charge in [-0.3, -0.25) is 0 Å². The van der Waals surface area contributed by atoms with Gasteiger partial charge >= 0.3 is 0 Å². The van der Waals surface area contributed by atoms with Crippen LogP contribution in [0.4, 0.5) is 5.82 Å². The lowest BCUT2D eigenvalue weighted by atomic mass is 9.96. The summed E-state index contributed by atoms with van der Waals surface area (Å²) in [5.41, 5.74) is 1.16. The Hall–Kier alpha value is -2.63. The third-order valence-corrected chi connectivity index (χ3v) is 5.31. The molecule has 0 radical (unpaired) electrons. The molecular formula is C22H27N3O3. The third-order valence-electron chi connectivity index (χ3n) is 5.31. The highest BCUT2D eigenvalue weighted by molar-refractivity contribution is 5.76. The molecule has 0 N–H and O–H groups in total. The molecule has 6 heteroatoms. The Morgan fingerprint density at radius 3 is 2.64 bits per heavy atom. The number of Topliss-reactive ketones (excluding diaryl/α,β-unsaturated/α-hetero) is 1. The Labute approximate surface area is 165 Å². The van der Waals surface area contributed by atoms with Crippen molar-refractivity contribution in [2.75, 3.05) is 24.6 Å². The van der Waals surface area contributed by atoms with Crippen LogP contribution < -0.4 is 14.4 Å². The molecule has 1 saturated carbocycles. The smallest absolute Gasteiger partial charge is 0.218 e. The molecule has 0 unspecified atom stereocenters. The molecule has 6 nitrogen and oxygen atoms in total. The average Bonchev–Trinajstić information content (AvgIpc) is 3.47. The van der Waals surface area contributed by atoms with Crippen LogP contribution in [0.2, 0.25) is 0 Å². The van der Waals surface area contributed by atoms with Gasteiger partial charge in [-0.2, -0.15) is 0 Å². The maximum Gasteiger partial charge on any atom is 0.218 e. The molecule has 1 atom stereocenters. The molecule has 2 aromatic rings. The molecule has 1 aromatic carbocycles. The van der Waals surface area contributed by atoms with Crippen LogP contribution in [-0.4, -0.2) is 41.6 Å². The number of nitrogens with zero attached hydrogens (tertiary/aromatic N) is 3. The normalized spacial score (nSPS) is 17.7. The van der Waals surface area contributed by atoms with E-state index in [2.05, 4.69) is 21.8 Å². The molecular weight excluding hydrogens is 354 g/mol. The summed E-state index contributed by atoms with van der Waals surface area (Å²) < 4.78 is 11.8. The van der Waals surface area contributed by atoms with Crippen LogP contribution in [0.15, 0.2) is 36.7 Å². The third kappa shape index (κ3) is 4.80. The molecule has 1 aromatic heterocycles. The first-order valence-corrected chi connectivity index (χ1v) is 10.0. The molecule has 1 aliphatic heterocycles. The number of benzene rings is 1. The van der Waals surface area contributed by atoms with Crippen molar-refractivity contribution in [1.29, 1.82) is 0 Å². The van der Waals surface area contributed by atoms with E-state index >= 15 is 0 Å². The zero-order chi connectivity index (χ0) is 19.5. The van der Waals surface area contributed by atoms with E-state index < -0.39 is 0 Å². The molecule has 1 aliphatic carbocycles. The summed E-state index contributed by atoms with van der Waals surface area (Å²) in [5, 5.41) is 0. The van der Waals surface area contributed by atoms with Crippen LogP contribution in [0.25, 0.3) is 0 Å². The number of anilines is 1. The van der Waals surface area contributed by atoms with Crippen LogP contribution in [0.5, 0.6) is 11.6 Å². The lowest BCUT2D eigenvalue weighted by molar-refractivity contribution is -0.117. The zero-order valence-corrected chi connectivity index (χ0v) is 16.5. The molecule has 0 bridgehead atoms. The summed E-state index contributed by atoms with van der Waals surface area (Å²) in [6, 6.07) is 9.98. The van der Waals surface area contributed by atoms with Crippen molar-refractivity contribution in [3.63, 3.8) is 0 Å². The Morgan fingerprint density at radius 1 is 1.21 bits per heavy atom. The molecule has 2 fully saturated rings. The summed E-state index contributed by atoms with van der Waals surface area (Å²) in [7, 11) is 0. The second kappa shape index (κ2) is 8.17. The first-order valence-electron chi connectivity index (χ1n) is 10.0. The fourth-order valence-corrected chi connectivity index (χ4v) is 3.39. The minimum absolute atomic E-state index is 0.145. The molecule has 0 amide bonds. The summed E-state index contributed by atoms with van der Waals surface area (Å²) in [4.78, 5) is 22.0. The van der Waals surface area contributed by atoms with E-state index in [1.165, 1.54) is 12.8 Å². The van der Waals surface area contributed by atoms with Crippen molar-refractivity contribution in [2.45, 2.75) is 45.1 Å². The Morgan fingerprint density at radius 2 is 1.96 bits per heavy atom. The van der Waals surface area contributed by atoms with E-state index in [4.69, 9.17) is 9.47 Å². The molecule has 2 heterocycles. The zero-order valence-electron chi connectivity index (χ0n) is 16.5. The minimum atomic E-state index is 0.145. The molecule has 1 saturated heterocycles. The first kappa shape index (κ1) is 18.7. The highest BCUT2D eigenvalue weighted by Gasteiger charge is 2.30. The molecule has 148 valence electrons. The summed E-state index contributed by atoms with van der Waals surface area (Å²) >= 11 is 0. The molecule has 4 rings (SSSR count). The van der Waals surface area contributed by atoms with Gasteiger partial charge in [0.25, 0.3) is 0 Å². The second-order valence-corrected chi connectivity index (χ2v) is 7.99.